The van der Waals surface area contributed by atoms with Crippen LogP contribution >= 0.6 is 35.6 Å². The number of hydrogen-bond acceptors (Lipinski definition) is 3. The number of thiocarbonyl (C=S) groups is 1. The maximum atomic E-state index is 6.10. The SMILES string of the molecule is S=C1SCN(c2ccccc2)c2cc(Cl)ccc21. The van der Waals surface area contributed by atoms with Crippen LogP contribution in [0, 0.1) is 0 Å². The van der Waals surface area contributed by atoms with Gasteiger partial charge in [-0.1, -0.05) is 53.8 Å². The minimum atomic E-state index is 0.740. The first kappa shape index (κ1) is 12.0. The molecule has 0 saturated heterocycles. The Balaban J connectivity index is 2.13. The molecule has 18 heavy (non-hydrogen) atoms. The van der Waals surface area contributed by atoms with Crippen LogP contribution in [0.15, 0.2) is 48.5 Å². The van der Waals surface area contributed by atoms with Gasteiger partial charge in [0.05, 0.1) is 15.8 Å². The second kappa shape index (κ2) is 4.92. The zero-order chi connectivity index (χ0) is 12.5. The van der Waals surface area contributed by atoms with Crippen LogP contribution in [0.3, 0.4) is 0 Å². The average Bonchev–Trinajstić information content (AvgIpc) is 2.40. The average molecular weight is 292 g/mol. The predicted molar refractivity (Wildman–Crippen MR) is 84.2 cm³/mol. The first-order valence-electron chi connectivity index (χ1n) is 5.55. The number of rotatable bonds is 1. The highest BCUT2D eigenvalue weighted by Crippen LogP contribution is 2.38. The van der Waals surface area contributed by atoms with Gasteiger partial charge in [-0.3, -0.25) is 0 Å². The van der Waals surface area contributed by atoms with Crippen molar-refractivity contribution in [1.29, 1.82) is 0 Å². The Morgan fingerprint density at radius 3 is 2.67 bits per heavy atom. The molecule has 0 radical (unpaired) electrons. The van der Waals surface area contributed by atoms with Crippen molar-refractivity contribution in [2.45, 2.75) is 0 Å². The molecule has 0 saturated carbocycles. The molecule has 0 aromatic heterocycles. The van der Waals surface area contributed by atoms with Crippen molar-refractivity contribution in [3.63, 3.8) is 0 Å². The van der Waals surface area contributed by atoms with Gasteiger partial charge in [0.15, 0.2) is 0 Å². The van der Waals surface area contributed by atoms with Crippen molar-refractivity contribution in [3.8, 4) is 0 Å². The fraction of sp³-hybridized carbons (Fsp3) is 0.0714. The van der Waals surface area contributed by atoms with Gasteiger partial charge in [0.2, 0.25) is 0 Å². The van der Waals surface area contributed by atoms with Gasteiger partial charge < -0.3 is 4.90 Å². The van der Waals surface area contributed by atoms with Crippen molar-refractivity contribution in [2.75, 3.05) is 10.8 Å². The van der Waals surface area contributed by atoms with Crippen LogP contribution in [0.25, 0.3) is 0 Å². The predicted octanol–water partition coefficient (Wildman–Crippen LogP) is 4.86. The molecule has 0 amide bonds. The van der Waals surface area contributed by atoms with Crippen molar-refractivity contribution in [2.24, 2.45) is 0 Å². The van der Waals surface area contributed by atoms with Crippen LogP contribution in [0.1, 0.15) is 5.56 Å². The third-order valence-electron chi connectivity index (χ3n) is 2.86. The lowest BCUT2D eigenvalue weighted by molar-refractivity contribution is 1.17. The molecule has 0 unspecified atom stereocenters. The Bertz CT molecular complexity index is 598. The molecule has 1 aliphatic heterocycles. The fourth-order valence-electron chi connectivity index (χ4n) is 1.99. The molecule has 2 aromatic carbocycles. The lowest BCUT2D eigenvalue weighted by Gasteiger charge is -2.31. The Morgan fingerprint density at radius 2 is 1.89 bits per heavy atom. The highest BCUT2D eigenvalue weighted by Gasteiger charge is 2.22. The number of anilines is 2. The highest BCUT2D eigenvalue weighted by atomic mass is 35.5. The van der Waals surface area contributed by atoms with Crippen LogP contribution in [0.5, 0.6) is 0 Å². The van der Waals surface area contributed by atoms with E-state index in [-0.39, 0.29) is 0 Å². The zero-order valence-corrected chi connectivity index (χ0v) is 11.9. The van der Waals surface area contributed by atoms with Gasteiger partial charge in [0.1, 0.15) is 0 Å². The summed E-state index contributed by atoms with van der Waals surface area (Å²) in [5.74, 6) is 0.830. The van der Waals surface area contributed by atoms with E-state index in [0.29, 0.717) is 0 Å². The smallest absolute Gasteiger partial charge is 0.0816 e. The Labute approximate surface area is 121 Å². The van der Waals surface area contributed by atoms with E-state index in [1.54, 1.807) is 11.8 Å². The minimum Gasteiger partial charge on any atom is -0.331 e. The van der Waals surface area contributed by atoms with Gasteiger partial charge in [0, 0.05) is 16.3 Å². The highest BCUT2D eigenvalue weighted by molar-refractivity contribution is 8.23. The molecule has 2 aromatic rings. The molecule has 0 bridgehead atoms. The maximum absolute atomic E-state index is 6.10. The first-order chi connectivity index (χ1) is 8.75. The van der Waals surface area contributed by atoms with E-state index < -0.39 is 0 Å². The Kier molecular flexibility index (Phi) is 3.29. The molecule has 3 rings (SSSR count). The van der Waals surface area contributed by atoms with Gasteiger partial charge in [-0.25, -0.2) is 0 Å². The number of benzene rings is 2. The number of thioether (sulfide) groups is 1. The summed E-state index contributed by atoms with van der Waals surface area (Å²) in [6.07, 6.45) is 0. The van der Waals surface area contributed by atoms with Gasteiger partial charge in [0.25, 0.3) is 0 Å². The Hall–Kier alpha value is -1.03. The quantitative estimate of drug-likeness (QED) is 0.691. The van der Waals surface area contributed by atoms with E-state index in [1.807, 2.05) is 36.4 Å². The Morgan fingerprint density at radius 1 is 1.11 bits per heavy atom. The molecule has 90 valence electrons. The number of nitrogens with zero attached hydrogens (tertiary/aromatic N) is 1. The molecular formula is C14H10ClNS2. The number of para-hydroxylation sites is 1. The van der Waals surface area contributed by atoms with Crippen LogP contribution in [0.4, 0.5) is 11.4 Å². The molecule has 0 N–H and O–H groups in total. The summed E-state index contributed by atoms with van der Waals surface area (Å²) in [6, 6.07) is 16.2. The van der Waals surface area contributed by atoms with Gasteiger partial charge in [-0.2, -0.15) is 0 Å². The second-order valence-electron chi connectivity index (χ2n) is 3.99. The van der Waals surface area contributed by atoms with Crippen LogP contribution in [-0.4, -0.2) is 10.1 Å². The molecule has 0 aliphatic carbocycles. The van der Waals surface area contributed by atoms with E-state index in [9.17, 15) is 0 Å². The van der Waals surface area contributed by atoms with E-state index in [4.69, 9.17) is 23.8 Å². The number of fused-ring (bicyclic) bond motifs is 1. The monoisotopic (exact) mass is 291 g/mol. The summed E-state index contributed by atoms with van der Waals surface area (Å²) in [4.78, 5) is 2.24. The second-order valence-corrected chi connectivity index (χ2v) is 6.04. The molecular weight excluding hydrogens is 282 g/mol. The molecule has 0 fully saturated rings. The van der Waals surface area contributed by atoms with Crippen molar-refractivity contribution in [1.82, 2.24) is 0 Å². The zero-order valence-electron chi connectivity index (χ0n) is 9.47. The third-order valence-corrected chi connectivity index (χ3v) is 4.54. The van der Waals surface area contributed by atoms with Crippen molar-refractivity contribution in [3.05, 3.63) is 59.1 Å². The third kappa shape index (κ3) is 2.14. The summed E-state index contributed by atoms with van der Waals surface area (Å²) in [5.41, 5.74) is 3.35. The largest absolute Gasteiger partial charge is 0.331 e. The van der Waals surface area contributed by atoms with Crippen LogP contribution < -0.4 is 4.90 Å². The molecule has 0 atom stereocenters. The van der Waals surface area contributed by atoms with Crippen LogP contribution in [-0.2, 0) is 0 Å². The lowest BCUT2D eigenvalue weighted by Crippen LogP contribution is -2.23. The summed E-state index contributed by atoms with van der Waals surface area (Å²) < 4.78 is 0.939. The van der Waals surface area contributed by atoms with Crippen molar-refractivity contribution >= 4 is 51.2 Å². The van der Waals surface area contributed by atoms with E-state index in [2.05, 4.69) is 17.0 Å². The standard InChI is InChI=1S/C14H10ClNS2/c15-10-6-7-12-13(8-10)16(9-18-14(12)17)11-4-2-1-3-5-11/h1-8H,9H2. The number of hydrogen-bond donors (Lipinski definition) is 0. The fourth-order valence-corrected chi connectivity index (χ4v) is 3.35. The van der Waals surface area contributed by atoms with Crippen molar-refractivity contribution < 1.29 is 0 Å². The van der Waals surface area contributed by atoms with E-state index in [1.165, 1.54) is 0 Å². The summed E-state index contributed by atoms with van der Waals surface area (Å²) in [5, 5.41) is 0.740. The van der Waals surface area contributed by atoms with Crippen LogP contribution in [0.2, 0.25) is 5.02 Å². The summed E-state index contributed by atoms with van der Waals surface area (Å²) >= 11 is 13.2. The molecule has 1 heterocycles. The molecule has 1 nitrogen and oxygen atoms in total. The first-order valence-corrected chi connectivity index (χ1v) is 7.32. The lowest BCUT2D eigenvalue weighted by atomic mass is 10.1. The maximum Gasteiger partial charge on any atom is 0.0816 e. The molecule has 1 aliphatic rings. The van der Waals surface area contributed by atoms with Gasteiger partial charge in [-0.15, -0.1) is 0 Å². The van der Waals surface area contributed by atoms with Gasteiger partial charge in [-0.05, 0) is 30.3 Å². The van der Waals surface area contributed by atoms with E-state index in [0.717, 1.165) is 32.0 Å². The van der Waals surface area contributed by atoms with E-state index >= 15 is 0 Å². The summed E-state index contributed by atoms with van der Waals surface area (Å²) in [6.45, 7) is 0. The molecule has 0 spiro atoms. The van der Waals surface area contributed by atoms with Gasteiger partial charge >= 0.3 is 0 Å². The normalized spacial score (nSPS) is 14.5. The summed E-state index contributed by atoms with van der Waals surface area (Å²) in [7, 11) is 0. The minimum absolute atomic E-state index is 0.740. The number of halogens is 1. The molecule has 4 heteroatoms. The topological polar surface area (TPSA) is 3.24 Å².